The molecule has 0 aromatic heterocycles. The lowest BCUT2D eigenvalue weighted by atomic mass is 10.00. The second kappa shape index (κ2) is 3.31. The van der Waals surface area contributed by atoms with Crippen molar-refractivity contribution in [2.45, 2.75) is 19.4 Å². The van der Waals surface area contributed by atoms with Gasteiger partial charge in [0.1, 0.15) is 5.75 Å². The van der Waals surface area contributed by atoms with Crippen molar-refractivity contribution in [2.75, 3.05) is 6.61 Å². The summed E-state index contributed by atoms with van der Waals surface area (Å²) < 4.78 is 6.56. The summed E-state index contributed by atoms with van der Waals surface area (Å²) in [5.41, 5.74) is 8.32. The van der Waals surface area contributed by atoms with Crippen LogP contribution in [0.4, 0.5) is 0 Å². The molecule has 0 bridgehead atoms. The Bertz CT molecular complexity index is 338. The van der Waals surface area contributed by atoms with Crippen molar-refractivity contribution in [3.63, 3.8) is 0 Å². The lowest BCUT2D eigenvalue weighted by Gasteiger charge is -2.24. The van der Waals surface area contributed by atoms with Crippen LogP contribution in [0, 0.1) is 6.92 Å². The molecule has 13 heavy (non-hydrogen) atoms. The van der Waals surface area contributed by atoms with E-state index in [1.807, 2.05) is 0 Å². The molecule has 0 spiro atoms. The summed E-state index contributed by atoms with van der Waals surface area (Å²) in [5, 5.41) is 0. The van der Waals surface area contributed by atoms with Gasteiger partial charge in [-0.25, -0.2) is 0 Å². The third kappa shape index (κ3) is 1.58. The van der Waals surface area contributed by atoms with Gasteiger partial charge in [-0.05, 0) is 34.5 Å². The van der Waals surface area contributed by atoms with Crippen LogP contribution in [-0.2, 0) is 0 Å². The topological polar surface area (TPSA) is 35.2 Å². The van der Waals surface area contributed by atoms with Crippen molar-refractivity contribution in [1.29, 1.82) is 0 Å². The van der Waals surface area contributed by atoms with Crippen LogP contribution in [0.25, 0.3) is 0 Å². The first-order chi connectivity index (χ1) is 6.18. The zero-order chi connectivity index (χ0) is 9.42. The van der Waals surface area contributed by atoms with Gasteiger partial charge >= 0.3 is 0 Å². The first kappa shape index (κ1) is 9.03. The molecule has 0 saturated carbocycles. The molecule has 1 aromatic carbocycles. The van der Waals surface area contributed by atoms with Gasteiger partial charge in [-0.2, -0.15) is 0 Å². The third-order valence-corrected chi connectivity index (χ3v) is 2.88. The van der Waals surface area contributed by atoms with Crippen molar-refractivity contribution in [3.8, 4) is 5.75 Å². The summed E-state index contributed by atoms with van der Waals surface area (Å²) in [6.45, 7) is 2.78. The monoisotopic (exact) mass is 241 g/mol. The molecule has 0 radical (unpaired) electrons. The second-order valence-electron chi connectivity index (χ2n) is 3.41. The smallest absolute Gasteiger partial charge is 0.138 e. The Labute approximate surface area is 86.2 Å². The molecular formula is C10H12BrNO. The van der Waals surface area contributed by atoms with E-state index in [9.17, 15) is 0 Å². The van der Waals surface area contributed by atoms with E-state index in [4.69, 9.17) is 10.5 Å². The first-order valence-electron chi connectivity index (χ1n) is 4.37. The van der Waals surface area contributed by atoms with Crippen molar-refractivity contribution in [2.24, 2.45) is 5.73 Å². The zero-order valence-electron chi connectivity index (χ0n) is 7.51. The van der Waals surface area contributed by atoms with Gasteiger partial charge in [0.05, 0.1) is 11.1 Å². The number of aryl methyl sites for hydroxylation is 1. The molecule has 1 atom stereocenters. The number of hydrogen-bond donors (Lipinski definition) is 1. The van der Waals surface area contributed by atoms with E-state index in [1.165, 1.54) is 5.56 Å². The van der Waals surface area contributed by atoms with Gasteiger partial charge in [0, 0.05) is 18.0 Å². The number of ether oxygens (including phenoxy) is 1. The molecular weight excluding hydrogens is 230 g/mol. The van der Waals surface area contributed by atoms with Crippen LogP contribution >= 0.6 is 15.9 Å². The minimum Gasteiger partial charge on any atom is -0.492 e. The van der Waals surface area contributed by atoms with Crippen molar-refractivity contribution < 1.29 is 4.74 Å². The maximum Gasteiger partial charge on any atom is 0.138 e. The Hall–Kier alpha value is -0.540. The largest absolute Gasteiger partial charge is 0.492 e. The summed E-state index contributed by atoms with van der Waals surface area (Å²) >= 11 is 3.48. The van der Waals surface area contributed by atoms with E-state index in [0.717, 1.165) is 28.8 Å². The standard InChI is InChI=1S/C10H12BrNO/c1-6-4-7-9(12)2-3-13-10(7)8(11)5-6/h4-5,9H,2-3,12H2,1H3. The van der Waals surface area contributed by atoms with Crippen LogP contribution in [0.15, 0.2) is 16.6 Å². The lowest BCUT2D eigenvalue weighted by molar-refractivity contribution is 0.267. The summed E-state index contributed by atoms with van der Waals surface area (Å²) in [7, 11) is 0. The van der Waals surface area contributed by atoms with E-state index in [-0.39, 0.29) is 6.04 Å². The molecule has 2 N–H and O–H groups in total. The van der Waals surface area contributed by atoms with Crippen LogP contribution in [0.3, 0.4) is 0 Å². The molecule has 1 heterocycles. The van der Waals surface area contributed by atoms with Crippen LogP contribution in [0.2, 0.25) is 0 Å². The molecule has 0 aliphatic carbocycles. The molecule has 3 heteroatoms. The SMILES string of the molecule is Cc1cc(Br)c2c(c1)C(N)CCO2. The van der Waals surface area contributed by atoms with Gasteiger partial charge in [0.15, 0.2) is 0 Å². The van der Waals surface area contributed by atoms with Crippen molar-refractivity contribution in [1.82, 2.24) is 0 Å². The maximum atomic E-state index is 5.98. The normalized spacial score (nSPS) is 20.7. The Morgan fingerprint density at radius 2 is 2.31 bits per heavy atom. The van der Waals surface area contributed by atoms with Gasteiger partial charge < -0.3 is 10.5 Å². The number of nitrogens with two attached hydrogens (primary N) is 1. The number of halogens is 1. The molecule has 1 unspecified atom stereocenters. The molecule has 1 aliphatic rings. The van der Waals surface area contributed by atoms with Gasteiger partial charge in [-0.15, -0.1) is 0 Å². The summed E-state index contributed by atoms with van der Waals surface area (Å²) in [6.07, 6.45) is 0.906. The summed E-state index contributed by atoms with van der Waals surface area (Å²) in [6, 6.07) is 4.28. The van der Waals surface area contributed by atoms with Crippen LogP contribution < -0.4 is 10.5 Å². The quantitative estimate of drug-likeness (QED) is 0.758. The molecule has 0 fully saturated rings. The molecule has 70 valence electrons. The molecule has 1 aliphatic heterocycles. The van der Waals surface area contributed by atoms with Crippen LogP contribution in [-0.4, -0.2) is 6.61 Å². The maximum absolute atomic E-state index is 5.98. The highest BCUT2D eigenvalue weighted by Gasteiger charge is 2.20. The fraction of sp³-hybridized carbons (Fsp3) is 0.400. The van der Waals surface area contributed by atoms with E-state index in [1.54, 1.807) is 0 Å². The van der Waals surface area contributed by atoms with Gasteiger partial charge in [-0.1, -0.05) is 6.07 Å². The molecule has 2 nitrogen and oxygen atoms in total. The highest BCUT2D eigenvalue weighted by atomic mass is 79.9. The lowest BCUT2D eigenvalue weighted by Crippen LogP contribution is -2.20. The highest BCUT2D eigenvalue weighted by Crippen LogP contribution is 2.37. The fourth-order valence-electron chi connectivity index (χ4n) is 1.63. The Morgan fingerprint density at radius 3 is 3.08 bits per heavy atom. The average Bonchev–Trinajstić information content (AvgIpc) is 2.07. The van der Waals surface area contributed by atoms with E-state index in [2.05, 4.69) is 35.0 Å². The second-order valence-corrected chi connectivity index (χ2v) is 4.26. The van der Waals surface area contributed by atoms with Crippen LogP contribution in [0.1, 0.15) is 23.6 Å². The molecule has 1 aromatic rings. The number of benzene rings is 1. The minimum atomic E-state index is 0.125. The molecule has 2 rings (SSSR count). The van der Waals surface area contributed by atoms with E-state index < -0.39 is 0 Å². The minimum absolute atomic E-state index is 0.125. The van der Waals surface area contributed by atoms with Crippen molar-refractivity contribution in [3.05, 3.63) is 27.7 Å². The zero-order valence-corrected chi connectivity index (χ0v) is 9.10. The fourth-order valence-corrected chi connectivity index (χ4v) is 2.33. The van der Waals surface area contributed by atoms with Crippen LogP contribution in [0.5, 0.6) is 5.75 Å². The predicted octanol–water partition coefficient (Wildman–Crippen LogP) is 2.54. The first-order valence-corrected chi connectivity index (χ1v) is 5.16. The Morgan fingerprint density at radius 1 is 1.54 bits per heavy atom. The van der Waals surface area contributed by atoms with Gasteiger partial charge in [-0.3, -0.25) is 0 Å². The summed E-state index contributed by atoms with van der Waals surface area (Å²) in [5.74, 6) is 0.921. The van der Waals surface area contributed by atoms with E-state index >= 15 is 0 Å². The Kier molecular flexibility index (Phi) is 2.30. The third-order valence-electron chi connectivity index (χ3n) is 2.29. The number of fused-ring (bicyclic) bond motifs is 1. The molecule has 0 amide bonds. The van der Waals surface area contributed by atoms with Crippen molar-refractivity contribution >= 4 is 15.9 Å². The highest BCUT2D eigenvalue weighted by molar-refractivity contribution is 9.10. The number of rotatable bonds is 0. The predicted molar refractivity (Wildman–Crippen MR) is 55.9 cm³/mol. The average molecular weight is 242 g/mol. The van der Waals surface area contributed by atoms with Gasteiger partial charge in [0.25, 0.3) is 0 Å². The summed E-state index contributed by atoms with van der Waals surface area (Å²) in [4.78, 5) is 0. The number of hydrogen-bond acceptors (Lipinski definition) is 2. The Balaban J connectivity index is 2.56. The van der Waals surface area contributed by atoms with E-state index in [0.29, 0.717) is 0 Å². The van der Waals surface area contributed by atoms with Gasteiger partial charge in [0.2, 0.25) is 0 Å². The molecule has 0 saturated heterocycles.